The molecule has 0 amide bonds. The van der Waals surface area contributed by atoms with Gasteiger partial charge in [-0.05, 0) is 24.3 Å². The van der Waals surface area contributed by atoms with Crippen LogP contribution in [0.1, 0.15) is 0 Å². The van der Waals surface area contributed by atoms with E-state index in [1.54, 1.807) is 0 Å². The van der Waals surface area contributed by atoms with E-state index in [1.165, 1.54) is 23.1 Å². The second-order valence-electron chi connectivity index (χ2n) is 4.55. The minimum absolute atomic E-state index is 0.0524. The van der Waals surface area contributed by atoms with Crippen LogP contribution in [-0.2, 0) is 6.54 Å². The third-order valence-corrected chi connectivity index (χ3v) is 2.99. The van der Waals surface area contributed by atoms with E-state index in [0.29, 0.717) is 5.69 Å². The third kappa shape index (κ3) is 2.89. The quantitative estimate of drug-likeness (QED) is 0.717. The molecule has 0 atom stereocenters. The van der Waals surface area contributed by atoms with E-state index >= 15 is 0 Å². The van der Waals surface area contributed by atoms with E-state index in [0.717, 1.165) is 16.7 Å². The van der Waals surface area contributed by atoms with E-state index in [2.05, 4.69) is 20.0 Å². The van der Waals surface area contributed by atoms with Crippen molar-refractivity contribution in [3.05, 3.63) is 40.9 Å². The number of ether oxygens (including phenoxy) is 1. The molecule has 1 aromatic carbocycles. The monoisotopic (exact) mass is 336 g/mol. The highest BCUT2D eigenvalue weighted by atomic mass is 19.4. The van der Waals surface area contributed by atoms with Crippen LogP contribution < -0.4 is 10.3 Å². The molecule has 11 heteroatoms. The molecule has 2 heterocycles. The summed E-state index contributed by atoms with van der Waals surface area (Å²) in [5.41, 5.74) is -0.121. The van der Waals surface area contributed by atoms with Crippen molar-refractivity contribution in [1.82, 2.24) is 24.5 Å². The van der Waals surface area contributed by atoms with Crippen molar-refractivity contribution in [1.29, 1.82) is 5.26 Å². The van der Waals surface area contributed by atoms with Crippen LogP contribution in [0.2, 0.25) is 0 Å². The van der Waals surface area contributed by atoms with Crippen molar-refractivity contribution >= 4 is 11.2 Å². The Hall–Kier alpha value is -3.42. The summed E-state index contributed by atoms with van der Waals surface area (Å²) in [6.07, 6.45) is -3.61. The Morgan fingerprint density at radius 3 is 2.58 bits per heavy atom. The zero-order chi connectivity index (χ0) is 17.3. The van der Waals surface area contributed by atoms with Gasteiger partial charge < -0.3 is 4.74 Å². The molecule has 0 spiro atoms. The van der Waals surface area contributed by atoms with Crippen LogP contribution in [0.15, 0.2) is 35.4 Å². The van der Waals surface area contributed by atoms with Crippen LogP contribution in [-0.4, -0.2) is 30.9 Å². The second kappa shape index (κ2) is 5.65. The van der Waals surface area contributed by atoms with Gasteiger partial charge in [-0.3, -0.25) is 9.36 Å². The molecule has 3 aromatic rings. The maximum absolute atomic E-state index is 12.1. The summed E-state index contributed by atoms with van der Waals surface area (Å²) < 4.78 is 42.5. The Morgan fingerprint density at radius 1 is 1.25 bits per heavy atom. The van der Waals surface area contributed by atoms with Crippen LogP contribution >= 0.6 is 0 Å². The molecule has 3 rings (SSSR count). The van der Waals surface area contributed by atoms with Gasteiger partial charge in [-0.2, -0.15) is 9.94 Å². The van der Waals surface area contributed by atoms with Gasteiger partial charge in [0.05, 0.1) is 11.8 Å². The first-order valence-electron chi connectivity index (χ1n) is 6.43. The molecule has 0 unspecified atom stereocenters. The Labute approximate surface area is 131 Å². The molecule has 0 bridgehead atoms. The molecule has 2 aromatic heterocycles. The van der Waals surface area contributed by atoms with Gasteiger partial charge in [0.2, 0.25) is 0 Å². The Kier molecular flexibility index (Phi) is 3.64. The van der Waals surface area contributed by atoms with Gasteiger partial charge in [-0.25, -0.2) is 4.98 Å². The number of fused-ring (bicyclic) bond motifs is 1. The molecule has 0 N–H and O–H groups in total. The largest absolute Gasteiger partial charge is 0.573 e. The smallest absolute Gasteiger partial charge is 0.406 e. The highest BCUT2D eigenvalue weighted by molar-refractivity contribution is 5.70. The number of nitrogens with zero attached hydrogens (tertiary/aromatic N) is 6. The lowest BCUT2D eigenvalue weighted by atomic mass is 10.3. The van der Waals surface area contributed by atoms with Crippen LogP contribution in [0.3, 0.4) is 0 Å². The molecule has 0 saturated heterocycles. The molecule has 0 fully saturated rings. The molecular formula is C13H7F3N6O2. The zero-order valence-electron chi connectivity index (χ0n) is 11.7. The Morgan fingerprint density at radius 2 is 1.96 bits per heavy atom. The summed E-state index contributed by atoms with van der Waals surface area (Å²) in [6, 6.07) is 6.66. The number of alkyl halides is 3. The predicted octanol–water partition coefficient (Wildman–Crippen LogP) is 1.40. The Bertz CT molecular complexity index is 984. The minimum atomic E-state index is -4.78. The first-order valence-corrected chi connectivity index (χ1v) is 6.43. The van der Waals surface area contributed by atoms with E-state index in [1.807, 2.05) is 6.07 Å². The van der Waals surface area contributed by atoms with Crippen molar-refractivity contribution in [2.24, 2.45) is 0 Å². The standard InChI is InChI=1S/C13H7F3N6O2/c14-13(15,16)24-9-3-1-8(2-4-9)22-11-10(19-20-22)12(23)21(6-5-17)7-18-11/h1-4,7H,6H2. The van der Waals surface area contributed by atoms with E-state index in [-0.39, 0.29) is 23.5 Å². The van der Waals surface area contributed by atoms with Crippen molar-refractivity contribution < 1.29 is 17.9 Å². The molecule has 122 valence electrons. The maximum Gasteiger partial charge on any atom is 0.573 e. The van der Waals surface area contributed by atoms with Crippen molar-refractivity contribution in [2.75, 3.05) is 0 Å². The van der Waals surface area contributed by atoms with Gasteiger partial charge >= 0.3 is 6.36 Å². The highest BCUT2D eigenvalue weighted by Crippen LogP contribution is 2.24. The number of rotatable bonds is 3. The maximum atomic E-state index is 12.1. The second-order valence-corrected chi connectivity index (χ2v) is 4.55. The van der Waals surface area contributed by atoms with E-state index in [9.17, 15) is 18.0 Å². The fourth-order valence-corrected chi connectivity index (χ4v) is 2.00. The lowest BCUT2D eigenvalue weighted by Gasteiger charge is -2.09. The van der Waals surface area contributed by atoms with E-state index in [4.69, 9.17) is 5.26 Å². The number of benzene rings is 1. The van der Waals surface area contributed by atoms with Gasteiger partial charge in [0.25, 0.3) is 5.56 Å². The minimum Gasteiger partial charge on any atom is -0.406 e. The Balaban J connectivity index is 2.00. The SMILES string of the molecule is N#CCn1cnc2c(nnn2-c2ccc(OC(F)(F)F)cc2)c1=O. The average molecular weight is 336 g/mol. The summed E-state index contributed by atoms with van der Waals surface area (Å²) in [5.74, 6) is -0.389. The summed E-state index contributed by atoms with van der Waals surface area (Å²) in [5, 5.41) is 16.1. The molecule has 24 heavy (non-hydrogen) atoms. The molecular weight excluding hydrogens is 329 g/mol. The van der Waals surface area contributed by atoms with Crippen molar-refractivity contribution in [2.45, 2.75) is 12.9 Å². The van der Waals surface area contributed by atoms with Gasteiger partial charge in [0, 0.05) is 0 Å². The number of aromatic nitrogens is 5. The highest BCUT2D eigenvalue weighted by Gasteiger charge is 2.31. The molecule has 0 aliphatic rings. The van der Waals surface area contributed by atoms with Crippen molar-refractivity contribution in [3.8, 4) is 17.5 Å². The summed E-state index contributed by atoms with van der Waals surface area (Å²) in [6.45, 7) is -0.182. The average Bonchev–Trinajstić information content (AvgIpc) is 2.94. The number of halogens is 3. The van der Waals surface area contributed by atoms with Crippen LogP contribution in [0, 0.1) is 11.3 Å². The fourth-order valence-electron chi connectivity index (χ4n) is 2.00. The first kappa shape index (κ1) is 15.5. The molecule has 0 radical (unpaired) electrons. The molecule has 0 aliphatic carbocycles. The summed E-state index contributed by atoms with van der Waals surface area (Å²) >= 11 is 0. The fraction of sp³-hybridized carbons (Fsp3) is 0.154. The molecule has 8 nitrogen and oxygen atoms in total. The molecule has 0 aliphatic heterocycles. The van der Waals surface area contributed by atoms with Crippen LogP contribution in [0.4, 0.5) is 13.2 Å². The lowest BCUT2D eigenvalue weighted by molar-refractivity contribution is -0.274. The van der Waals surface area contributed by atoms with Crippen LogP contribution in [0.25, 0.3) is 16.9 Å². The summed E-state index contributed by atoms with van der Waals surface area (Å²) in [4.78, 5) is 16.1. The summed E-state index contributed by atoms with van der Waals surface area (Å²) in [7, 11) is 0. The van der Waals surface area contributed by atoms with E-state index < -0.39 is 11.9 Å². The predicted molar refractivity (Wildman–Crippen MR) is 73.2 cm³/mol. The number of nitriles is 1. The normalized spacial score (nSPS) is 11.4. The molecule has 0 saturated carbocycles. The lowest BCUT2D eigenvalue weighted by Crippen LogP contribution is -2.20. The van der Waals surface area contributed by atoms with Gasteiger partial charge in [0.1, 0.15) is 18.6 Å². The number of hydrogen-bond acceptors (Lipinski definition) is 6. The van der Waals surface area contributed by atoms with Crippen LogP contribution in [0.5, 0.6) is 5.75 Å². The first-order chi connectivity index (χ1) is 11.4. The van der Waals surface area contributed by atoms with Crippen molar-refractivity contribution in [3.63, 3.8) is 0 Å². The topological polar surface area (TPSA) is 98.6 Å². The zero-order valence-corrected chi connectivity index (χ0v) is 11.7. The third-order valence-electron chi connectivity index (χ3n) is 2.99. The number of hydrogen-bond donors (Lipinski definition) is 0. The van der Waals surface area contributed by atoms with Gasteiger partial charge in [-0.1, -0.05) is 5.21 Å². The van der Waals surface area contributed by atoms with Gasteiger partial charge in [-0.15, -0.1) is 18.3 Å². The van der Waals surface area contributed by atoms with Gasteiger partial charge in [0.15, 0.2) is 11.2 Å².